The van der Waals surface area contributed by atoms with E-state index < -0.39 is 0 Å². The van der Waals surface area contributed by atoms with E-state index in [9.17, 15) is 4.79 Å². The van der Waals surface area contributed by atoms with E-state index in [4.69, 9.17) is 33.2 Å². The first-order valence-corrected chi connectivity index (χ1v) is 6.41. The van der Waals surface area contributed by atoms with Gasteiger partial charge in [0.15, 0.2) is 0 Å². The van der Waals surface area contributed by atoms with E-state index >= 15 is 0 Å². The molecule has 6 heteroatoms. The molecule has 0 bridgehead atoms. The van der Waals surface area contributed by atoms with Crippen LogP contribution < -0.4 is 0 Å². The SMILES string of the molecule is COCC(=O)N(CCC#N)Cc1ccc(Cl)cc1Cl. The summed E-state index contributed by atoms with van der Waals surface area (Å²) in [4.78, 5) is 13.4. The molecular weight excluding hydrogens is 287 g/mol. The van der Waals surface area contributed by atoms with Crippen molar-refractivity contribution in [2.45, 2.75) is 13.0 Å². The maximum absolute atomic E-state index is 11.9. The Kier molecular flexibility index (Phi) is 6.65. The van der Waals surface area contributed by atoms with Gasteiger partial charge in [0.2, 0.25) is 5.91 Å². The molecule has 0 fully saturated rings. The molecule has 0 unspecified atom stereocenters. The number of halogens is 2. The first-order chi connectivity index (χ1) is 9.08. The van der Waals surface area contributed by atoms with Gasteiger partial charge in [-0.2, -0.15) is 5.26 Å². The molecule has 0 heterocycles. The Bertz CT molecular complexity index is 486. The van der Waals surface area contributed by atoms with Gasteiger partial charge in [-0.3, -0.25) is 4.79 Å². The maximum Gasteiger partial charge on any atom is 0.248 e. The standard InChI is InChI=1S/C13H14Cl2N2O2/c1-19-9-13(18)17(6-2-5-16)8-10-3-4-11(14)7-12(10)15/h3-4,7H,2,6,8-9H2,1H3. The summed E-state index contributed by atoms with van der Waals surface area (Å²) in [7, 11) is 1.45. The van der Waals surface area contributed by atoms with Crippen LogP contribution in [0, 0.1) is 11.3 Å². The zero-order chi connectivity index (χ0) is 14.3. The fraction of sp³-hybridized carbons (Fsp3) is 0.385. The average Bonchev–Trinajstić information content (AvgIpc) is 2.37. The van der Waals surface area contributed by atoms with Crippen LogP contribution >= 0.6 is 23.2 Å². The van der Waals surface area contributed by atoms with Crippen LogP contribution in [-0.4, -0.2) is 31.1 Å². The van der Waals surface area contributed by atoms with Gasteiger partial charge in [-0.1, -0.05) is 29.3 Å². The highest BCUT2D eigenvalue weighted by Gasteiger charge is 2.15. The van der Waals surface area contributed by atoms with Gasteiger partial charge in [0.05, 0.1) is 12.5 Å². The third-order valence-corrected chi connectivity index (χ3v) is 3.08. The number of nitrogens with zero attached hydrogens (tertiary/aromatic N) is 2. The Labute approximate surface area is 122 Å². The highest BCUT2D eigenvalue weighted by atomic mass is 35.5. The second kappa shape index (κ2) is 8.00. The maximum atomic E-state index is 11.9. The number of hydrogen-bond acceptors (Lipinski definition) is 3. The van der Waals surface area contributed by atoms with Crippen LogP contribution in [0.15, 0.2) is 18.2 Å². The first kappa shape index (κ1) is 15.8. The van der Waals surface area contributed by atoms with E-state index in [0.717, 1.165) is 5.56 Å². The van der Waals surface area contributed by atoms with E-state index in [1.165, 1.54) is 7.11 Å². The number of hydrogen-bond donors (Lipinski definition) is 0. The topological polar surface area (TPSA) is 53.3 Å². The summed E-state index contributed by atoms with van der Waals surface area (Å²) in [6.45, 7) is 0.661. The average molecular weight is 301 g/mol. The third kappa shape index (κ3) is 5.07. The molecule has 0 radical (unpaired) electrons. The molecule has 1 aromatic rings. The van der Waals surface area contributed by atoms with E-state index in [1.807, 2.05) is 6.07 Å². The van der Waals surface area contributed by atoms with Crippen molar-refractivity contribution >= 4 is 29.1 Å². The fourth-order valence-corrected chi connectivity index (χ4v) is 2.02. The summed E-state index contributed by atoms with van der Waals surface area (Å²) in [5.74, 6) is -0.177. The normalized spacial score (nSPS) is 10.0. The van der Waals surface area contributed by atoms with Crippen LogP contribution in [0.3, 0.4) is 0 Å². The minimum Gasteiger partial charge on any atom is -0.375 e. The molecule has 0 aliphatic heterocycles. The Hall–Kier alpha value is -1.28. The van der Waals surface area contributed by atoms with Gasteiger partial charge in [-0.05, 0) is 17.7 Å². The summed E-state index contributed by atoms with van der Waals surface area (Å²) in [5.41, 5.74) is 0.786. The van der Waals surface area contributed by atoms with Gasteiger partial charge in [-0.25, -0.2) is 0 Å². The molecule has 0 aliphatic rings. The highest BCUT2D eigenvalue weighted by molar-refractivity contribution is 6.35. The van der Waals surface area contributed by atoms with Crippen molar-refractivity contribution in [1.29, 1.82) is 5.26 Å². The monoisotopic (exact) mass is 300 g/mol. The van der Waals surface area contributed by atoms with E-state index in [1.54, 1.807) is 23.1 Å². The van der Waals surface area contributed by atoms with Gasteiger partial charge >= 0.3 is 0 Å². The van der Waals surface area contributed by atoms with Crippen molar-refractivity contribution in [3.63, 3.8) is 0 Å². The van der Waals surface area contributed by atoms with Crippen LogP contribution in [0.5, 0.6) is 0 Å². The Balaban J connectivity index is 2.81. The van der Waals surface area contributed by atoms with Crippen LogP contribution in [0.1, 0.15) is 12.0 Å². The van der Waals surface area contributed by atoms with Crippen molar-refractivity contribution in [2.24, 2.45) is 0 Å². The van der Waals surface area contributed by atoms with E-state index in [0.29, 0.717) is 23.1 Å². The Morgan fingerprint density at radius 2 is 2.21 bits per heavy atom. The summed E-state index contributed by atoms with van der Waals surface area (Å²) in [6, 6.07) is 7.12. The lowest BCUT2D eigenvalue weighted by atomic mass is 10.2. The molecule has 0 aliphatic carbocycles. The van der Waals surface area contributed by atoms with Gasteiger partial charge in [0.1, 0.15) is 6.61 Å². The number of carbonyl (C=O) groups is 1. The number of benzene rings is 1. The number of ether oxygens (including phenoxy) is 1. The van der Waals surface area contributed by atoms with Gasteiger partial charge < -0.3 is 9.64 Å². The number of carbonyl (C=O) groups excluding carboxylic acids is 1. The van der Waals surface area contributed by atoms with Crippen LogP contribution in [0.4, 0.5) is 0 Å². The number of methoxy groups -OCH3 is 1. The number of amides is 1. The molecule has 1 rings (SSSR count). The molecule has 4 nitrogen and oxygen atoms in total. The second-order valence-corrected chi connectivity index (χ2v) is 4.74. The predicted octanol–water partition coefficient (Wildman–Crippen LogP) is 2.88. The number of rotatable bonds is 6. The first-order valence-electron chi connectivity index (χ1n) is 5.66. The highest BCUT2D eigenvalue weighted by Crippen LogP contribution is 2.22. The molecule has 0 aromatic heterocycles. The van der Waals surface area contributed by atoms with Gasteiger partial charge in [-0.15, -0.1) is 0 Å². The lowest BCUT2D eigenvalue weighted by Gasteiger charge is -2.22. The van der Waals surface area contributed by atoms with Crippen LogP contribution in [0.2, 0.25) is 10.0 Å². The molecule has 1 aromatic carbocycles. The predicted molar refractivity (Wildman–Crippen MR) is 74.0 cm³/mol. The lowest BCUT2D eigenvalue weighted by Crippen LogP contribution is -2.34. The summed E-state index contributed by atoms with van der Waals surface area (Å²) in [5, 5.41) is 9.66. The summed E-state index contributed by atoms with van der Waals surface area (Å²) < 4.78 is 4.82. The van der Waals surface area contributed by atoms with Crippen molar-refractivity contribution < 1.29 is 9.53 Å². The number of nitriles is 1. The quantitative estimate of drug-likeness (QED) is 0.812. The molecule has 0 N–H and O–H groups in total. The van der Waals surface area contributed by atoms with Crippen molar-refractivity contribution in [3.8, 4) is 6.07 Å². The van der Waals surface area contributed by atoms with Crippen molar-refractivity contribution in [1.82, 2.24) is 4.90 Å². The van der Waals surface area contributed by atoms with Crippen molar-refractivity contribution in [2.75, 3.05) is 20.3 Å². The molecule has 0 spiro atoms. The van der Waals surface area contributed by atoms with Gasteiger partial charge in [0.25, 0.3) is 0 Å². The molecular formula is C13H14Cl2N2O2. The molecule has 1 amide bonds. The van der Waals surface area contributed by atoms with Crippen LogP contribution in [0.25, 0.3) is 0 Å². The van der Waals surface area contributed by atoms with E-state index in [-0.39, 0.29) is 18.9 Å². The second-order valence-electron chi connectivity index (χ2n) is 3.89. The minimum absolute atomic E-state index is 0.0172. The fourth-order valence-electron chi connectivity index (χ4n) is 1.55. The summed E-state index contributed by atoms with van der Waals surface area (Å²) >= 11 is 11.9. The Morgan fingerprint density at radius 1 is 1.47 bits per heavy atom. The molecule has 19 heavy (non-hydrogen) atoms. The zero-order valence-electron chi connectivity index (χ0n) is 10.5. The smallest absolute Gasteiger partial charge is 0.248 e. The molecule has 102 valence electrons. The van der Waals surface area contributed by atoms with E-state index in [2.05, 4.69) is 0 Å². The lowest BCUT2D eigenvalue weighted by molar-refractivity contribution is -0.135. The molecule has 0 atom stereocenters. The molecule has 0 saturated carbocycles. The third-order valence-electron chi connectivity index (χ3n) is 2.49. The largest absolute Gasteiger partial charge is 0.375 e. The van der Waals surface area contributed by atoms with Crippen LogP contribution in [-0.2, 0) is 16.1 Å². The van der Waals surface area contributed by atoms with Gasteiger partial charge in [0, 0.05) is 30.2 Å². The Morgan fingerprint density at radius 3 is 2.79 bits per heavy atom. The molecule has 0 saturated heterocycles. The van der Waals surface area contributed by atoms with Crippen molar-refractivity contribution in [3.05, 3.63) is 33.8 Å². The summed E-state index contributed by atoms with van der Waals surface area (Å²) in [6.07, 6.45) is 0.265. The minimum atomic E-state index is -0.177. The zero-order valence-corrected chi connectivity index (χ0v) is 12.0.